The molecule has 2 rings (SSSR count). The summed E-state index contributed by atoms with van der Waals surface area (Å²) in [7, 11) is 1.61. The molecule has 0 aliphatic carbocycles. The van der Waals surface area contributed by atoms with Gasteiger partial charge in [-0.25, -0.2) is 9.48 Å². The van der Waals surface area contributed by atoms with E-state index in [0.29, 0.717) is 19.8 Å². The van der Waals surface area contributed by atoms with Crippen LogP contribution in [0.4, 0.5) is 0 Å². The number of carbonyl (C=O) groups is 1. The summed E-state index contributed by atoms with van der Waals surface area (Å²) in [4.78, 5) is 25.9. The van der Waals surface area contributed by atoms with E-state index < -0.39 is 0 Å². The van der Waals surface area contributed by atoms with E-state index in [1.54, 1.807) is 11.9 Å². The third-order valence-electron chi connectivity index (χ3n) is 3.76. The van der Waals surface area contributed by atoms with Crippen molar-refractivity contribution in [2.24, 2.45) is 7.05 Å². The summed E-state index contributed by atoms with van der Waals surface area (Å²) in [5.74, 6) is -0.0894. The molecular weight excluding hydrogens is 248 g/mol. The molecule has 0 saturated carbocycles. The summed E-state index contributed by atoms with van der Waals surface area (Å²) < 4.78 is 7.99. The first-order valence-electron chi connectivity index (χ1n) is 6.44. The van der Waals surface area contributed by atoms with Crippen molar-refractivity contribution >= 4 is 5.91 Å². The summed E-state index contributed by atoms with van der Waals surface area (Å²) >= 11 is 0. The van der Waals surface area contributed by atoms with E-state index in [0.717, 1.165) is 6.42 Å². The van der Waals surface area contributed by atoms with Crippen LogP contribution in [0.5, 0.6) is 0 Å². The number of hydrogen-bond acceptors (Lipinski definition) is 4. The molecule has 1 aromatic heterocycles. The summed E-state index contributed by atoms with van der Waals surface area (Å²) in [5.41, 5.74) is -0.576. The van der Waals surface area contributed by atoms with Crippen molar-refractivity contribution in [1.82, 2.24) is 19.2 Å². The van der Waals surface area contributed by atoms with Crippen LogP contribution in [0.1, 0.15) is 20.3 Å². The molecule has 2 heterocycles. The van der Waals surface area contributed by atoms with Gasteiger partial charge in [-0.2, -0.15) is 5.10 Å². The van der Waals surface area contributed by atoms with Gasteiger partial charge in [-0.05, 0) is 13.3 Å². The molecule has 19 heavy (non-hydrogen) atoms. The Bertz CT molecular complexity index is 521. The summed E-state index contributed by atoms with van der Waals surface area (Å²) in [6.45, 7) is 5.65. The first kappa shape index (κ1) is 13.8. The zero-order valence-corrected chi connectivity index (χ0v) is 11.6. The van der Waals surface area contributed by atoms with Gasteiger partial charge < -0.3 is 9.64 Å². The van der Waals surface area contributed by atoms with Crippen LogP contribution in [0.3, 0.4) is 0 Å². The molecular formula is C12H20N4O3. The van der Waals surface area contributed by atoms with Crippen molar-refractivity contribution in [1.29, 1.82) is 0 Å². The van der Waals surface area contributed by atoms with Crippen LogP contribution in [0, 0.1) is 0 Å². The minimum absolute atomic E-state index is 0.0186. The molecule has 0 aromatic carbocycles. The highest BCUT2D eigenvalue weighted by Crippen LogP contribution is 2.23. The van der Waals surface area contributed by atoms with Crippen molar-refractivity contribution in [2.75, 3.05) is 19.8 Å². The number of hydrogen-bond donors (Lipinski definition) is 0. The first-order valence-corrected chi connectivity index (χ1v) is 6.44. The van der Waals surface area contributed by atoms with Gasteiger partial charge in [0.15, 0.2) is 0 Å². The van der Waals surface area contributed by atoms with Crippen molar-refractivity contribution in [3.05, 3.63) is 16.8 Å². The Balaban J connectivity index is 2.15. The van der Waals surface area contributed by atoms with Crippen LogP contribution in [-0.4, -0.2) is 50.5 Å². The molecule has 1 unspecified atom stereocenters. The van der Waals surface area contributed by atoms with E-state index >= 15 is 0 Å². The number of carbonyl (C=O) groups excluding carboxylic acids is 1. The fraction of sp³-hybridized carbons (Fsp3) is 0.750. The van der Waals surface area contributed by atoms with Crippen molar-refractivity contribution < 1.29 is 9.53 Å². The molecule has 1 atom stereocenters. The fourth-order valence-electron chi connectivity index (χ4n) is 2.26. The van der Waals surface area contributed by atoms with E-state index in [2.05, 4.69) is 5.10 Å². The number of nitrogens with zero attached hydrogens (tertiary/aromatic N) is 4. The summed E-state index contributed by atoms with van der Waals surface area (Å²) in [5, 5.41) is 3.91. The topological polar surface area (TPSA) is 69.4 Å². The van der Waals surface area contributed by atoms with Crippen molar-refractivity contribution in [3.8, 4) is 0 Å². The van der Waals surface area contributed by atoms with Gasteiger partial charge in [-0.3, -0.25) is 9.36 Å². The lowest BCUT2D eigenvalue weighted by Gasteiger charge is -2.44. The quantitative estimate of drug-likeness (QED) is 0.748. The van der Waals surface area contributed by atoms with Gasteiger partial charge >= 0.3 is 5.69 Å². The lowest BCUT2D eigenvalue weighted by atomic mass is 9.96. The van der Waals surface area contributed by atoms with Gasteiger partial charge in [0.1, 0.15) is 12.9 Å². The zero-order valence-electron chi connectivity index (χ0n) is 11.6. The second kappa shape index (κ2) is 5.16. The van der Waals surface area contributed by atoms with Gasteiger partial charge in [0.25, 0.3) is 0 Å². The molecule has 7 nitrogen and oxygen atoms in total. The molecule has 0 N–H and O–H groups in total. The zero-order chi connectivity index (χ0) is 14.0. The minimum atomic E-state index is -0.298. The number of ether oxygens (including phenoxy) is 1. The Morgan fingerprint density at radius 3 is 2.89 bits per heavy atom. The van der Waals surface area contributed by atoms with Crippen LogP contribution in [-0.2, 0) is 23.1 Å². The molecule has 0 spiro atoms. The highest BCUT2D eigenvalue weighted by molar-refractivity contribution is 5.76. The average molecular weight is 268 g/mol. The number of aromatic nitrogens is 3. The first-order chi connectivity index (χ1) is 8.98. The standard InChI is InChI=1S/C12H20N4O3/c1-4-12(2)8-19-6-5-15(12)10(17)7-16-11(18)14(3)9-13-16/h9H,4-8H2,1-3H3. The number of amides is 1. The second-order valence-electron chi connectivity index (χ2n) is 5.13. The third-order valence-corrected chi connectivity index (χ3v) is 3.76. The fourth-order valence-corrected chi connectivity index (χ4v) is 2.26. The number of morpholine rings is 1. The molecule has 0 bridgehead atoms. The van der Waals surface area contributed by atoms with Gasteiger partial charge in [0, 0.05) is 13.6 Å². The second-order valence-corrected chi connectivity index (χ2v) is 5.13. The Morgan fingerprint density at radius 1 is 1.58 bits per heavy atom. The van der Waals surface area contributed by atoms with Crippen molar-refractivity contribution in [2.45, 2.75) is 32.4 Å². The molecule has 1 amide bonds. The lowest BCUT2D eigenvalue weighted by Crippen LogP contribution is -2.58. The van der Waals surface area contributed by atoms with E-state index in [4.69, 9.17) is 4.74 Å². The van der Waals surface area contributed by atoms with Gasteiger partial charge in [-0.1, -0.05) is 6.92 Å². The highest BCUT2D eigenvalue weighted by atomic mass is 16.5. The molecule has 1 aromatic rings. The average Bonchev–Trinajstić information content (AvgIpc) is 2.71. The molecule has 106 valence electrons. The van der Waals surface area contributed by atoms with Crippen molar-refractivity contribution in [3.63, 3.8) is 0 Å². The highest BCUT2D eigenvalue weighted by Gasteiger charge is 2.36. The third kappa shape index (κ3) is 2.56. The number of aryl methyl sites for hydroxylation is 1. The smallest absolute Gasteiger partial charge is 0.345 e. The van der Waals surface area contributed by atoms with Gasteiger partial charge in [0.05, 0.1) is 18.8 Å². The minimum Gasteiger partial charge on any atom is -0.377 e. The molecule has 1 aliphatic heterocycles. The predicted molar refractivity (Wildman–Crippen MR) is 68.7 cm³/mol. The van der Waals surface area contributed by atoms with E-state index in [1.807, 2.05) is 13.8 Å². The molecule has 0 radical (unpaired) electrons. The molecule has 1 saturated heterocycles. The maximum absolute atomic E-state index is 12.4. The van der Waals surface area contributed by atoms with E-state index in [-0.39, 0.29) is 23.7 Å². The van der Waals surface area contributed by atoms with Crippen LogP contribution in [0.15, 0.2) is 11.1 Å². The van der Waals surface area contributed by atoms with Crippen LogP contribution < -0.4 is 5.69 Å². The summed E-state index contributed by atoms with van der Waals surface area (Å²) in [6, 6.07) is 0. The summed E-state index contributed by atoms with van der Waals surface area (Å²) in [6.07, 6.45) is 2.23. The SMILES string of the molecule is CCC1(C)COCCN1C(=O)Cn1ncn(C)c1=O. The molecule has 1 fully saturated rings. The molecule has 1 aliphatic rings. The monoisotopic (exact) mass is 268 g/mol. The van der Waals surface area contributed by atoms with Gasteiger partial charge in [0.2, 0.25) is 5.91 Å². The maximum atomic E-state index is 12.4. The number of rotatable bonds is 3. The normalized spacial score (nSPS) is 23.6. The Morgan fingerprint density at radius 2 is 2.32 bits per heavy atom. The van der Waals surface area contributed by atoms with Gasteiger partial charge in [-0.15, -0.1) is 0 Å². The molecule has 7 heteroatoms. The Kier molecular flexibility index (Phi) is 3.75. The van der Waals surface area contributed by atoms with E-state index in [1.165, 1.54) is 15.6 Å². The van der Waals surface area contributed by atoms with Crippen LogP contribution in [0.25, 0.3) is 0 Å². The Hall–Kier alpha value is -1.63. The largest absolute Gasteiger partial charge is 0.377 e. The predicted octanol–water partition coefficient (Wildman–Crippen LogP) is -0.391. The lowest BCUT2D eigenvalue weighted by molar-refractivity contribution is -0.149. The van der Waals surface area contributed by atoms with Crippen LogP contribution >= 0.6 is 0 Å². The Labute approximate surface area is 111 Å². The van der Waals surface area contributed by atoms with E-state index in [9.17, 15) is 9.59 Å². The maximum Gasteiger partial charge on any atom is 0.345 e. The van der Waals surface area contributed by atoms with Crippen LogP contribution in [0.2, 0.25) is 0 Å².